The lowest BCUT2D eigenvalue weighted by Crippen LogP contribution is -2.49. The zero-order valence-corrected chi connectivity index (χ0v) is 12.4. The van der Waals surface area contributed by atoms with Crippen molar-refractivity contribution in [3.63, 3.8) is 0 Å². The maximum Gasteiger partial charge on any atom is 0.253 e. The van der Waals surface area contributed by atoms with Gasteiger partial charge in [0.2, 0.25) is 0 Å². The van der Waals surface area contributed by atoms with Gasteiger partial charge in [0.25, 0.3) is 5.91 Å². The number of hydrogen-bond donors (Lipinski definition) is 0. The highest BCUT2D eigenvalue weighted by molar-refractivity contribution is 5.87. The van der Waals surface area contributed by atoms with Crippen molar-refractivity contribution in [1.29, 1.82) is 0 Å². The van der Waals surface area contributed by atoms with Crippen molar-refractivity contribution in [2.24, 2.45) is 7.05 Å². The molecule has 1 saturated heterocycles. The van der Waals surface area contributed by atoms with Gasteiger partial charge in [0.15, 0.2) is 11.8 Å². The largest absolute Gasteiger partial charge is 0.365 e. The van der Waals surface area contributed by atoms with E-state index in [9.17, 15) is 4.79 Å². The fourth-order valence-electron chi connectivity index (χ4n) is 2.48. The topological polar surface area (TPSA) is 76.4 Å². The third kappa shape index (κ3) is 2.42. The zero-order chi connectivity index (χ0) is 15.0. The van der Waals surface area contributed by atoms with Crippen molar-refractivity contribution in [2.45, 2.75) is 6.10 Å². The van der Waals surface area contributed by atoms with Crippen LogP contribution < -0.4 is 4.90 Å². The van der Waals surface area contributed by atoms with E-state index >= 15 is 0 Å². The molecule has 1 amide bonds. The monoisotopic (exact) mass is 290 g/mol. The Bertz CT molecular complexity index is 668. The lowest BCUT2D eigenvalue weighted by molar-refractivity contribution is -0.141. The minimum Gasteiger partial charge on any atom is -0.365 e. The van der Waals surface area contributed by atoms with Gasteiger partial charge in [-0.2, -0.15) is 5.10 Å². The van der Waals surface area contributed by atoms with E-state index in [2.05, 4.69) is 20.0 Å². The van der Waals surface area contributed by atoms with Crippen LogP contribution in [-0.2, 0) is 16.6 Å². The number of amides is 1. The molecule has 3 heterocycles. The van der Waals surface area contributed by atoms with Crippen molar-refractivity contribution >= 4 is 22.8 Å². The van der Waals surface area contributed by atoms with Crippen LogP contribution in [0.4, 0.5) is 5.82 Å². The summed E-state index contributed by atoms with van der Waals surface area (Å²) in [5, 5.41) is 5.10. The number of aryl methyl sites for hydroxylation is 1. The van der Waals surface area contributed by atoms with Crippen molar-refractivity contribution in [3.8, 4) is 0 Å². The van der Waals surface area contributed by atoms with E-state index in [1.54, 1.807) is 29.9 Å². The van der Waals surface area contributed by atoms with E-state index in [1.165, 1.54) is 6.33 Å². The van der Waals surface area contributed by atoms with Crippen LogP contribution in [0.15, 0.2) is 12.5 Å². The summed E-state index contributed by atoms with van der Waals surface area (Å²) in [4.78, 5) is 24.3. The molecule has 112 valence electrons. The SMILES string of the molecule is CN(C)C(=O)C1CN(c2ncnc3c2cnn3C)CCO1. The van der Waals surface area contributed by atoms with Gasteiger partial charge in [-0.1, -0.05) is 0 Å². The molecule has 0 aliphatic carbocycles. The van der Waals surface area contributed by atoms with Crippen LogP contribution in [0, 0.1) is 0 Å². The van der Waals surface area contributed by atoms with E-state index in [0.29, 0.717) is 19.7 Å². The van der Waals surface area contributed by atoms with Gasteiger partial charge < -0.3 is 14.5 Å². The van der Waals surface area contributed by atoms with Gasteiger partial charge in [0, 0.05) is 27.7 Å². The Kier molecular flexibility index (Phi) is 3.46. The second kappa shape index (κ2) is 5.28. The normalized spacial score (nSPS) is 19.0. The lowest BCUT2D eigenvalue weighted by atomic mass is 10.2. The van der Waals surface area contributed by atoms with Gasteiger partial charge in [-0.25, -0.2) is 9.97 Å². The molecule has 0 aromatic carbocycles. The third-order valence-corrected chi connectivity index (χ3v) is 3.59. The quantitative estimate of drug-likeness (QED) is 0.753. The number of ether oxygens (including phenoxy) is 1. The number of rotatable bonds is 2. The Balaban J connectivity index is 1.90. The van der Waals surface area contributed by atoms with E-state index in [4.69, 9.17) is 4.74 Å². The van der Waals surface area contributed by atoms with Crippen LogP contribution in [0.2, 0.25) is 0 Å². The number of anilines is 1. The molecule has 0 saturated carbocycles. The molecule has 8 heteroatoms. The standard InChI is InChI=1S/C13H18N6O2/c1-17(2)13(20)10-7-19(4-5-21-10)12-9-6-16-18(3)11(9)14-8-15-12/h6,8,10H,4-5,7H2,1-3H3. The Morgan fingerprint density at radius 1 is 1.43 bits per heavy atom. The number of aromatic nitrogens is 4. The molecular weight excluding hydrogens is 272 g/mol. The molecule has 1 aliphatic rings. The van der Waals surface area contributed by atoms with Crippen molar-refractivity contribution in [2.75, 3.05) is 38.7 Å². The molecule has 0 N–H and O–H groups in total. The third-order valence-electron chi connectivity index (χ3n) is 3.59. The van der Waals surface area contributed by atoms with Crippen LogP contribution in [0.5, 0.6) is 0 Å². The molecule has 2 aromatic heterocycles. The molecular formula is C13H18N6O2. The Labute approximate surface area is 122 Å². The number of fused-ring (bicyclic) bond motifs is 1. The Morgan fingerprint density at radius 3 is 3.00 bits per heavy atom. The highest BCUT2D eigenvalue weighted by atomic mass is 16.5. The van der Waals surface area contributed by atoms with Gasteiger partial charge in [-0.05, 0) is 0 Å². The first-order valence-electron chi connectivity index (χ1n) is 6.78. The maximum atomic E-state index is 12.1. The van der Waals surface area contributed by atoms with Gasteiger partial charge in [0.05, 0.1) is 24.7 Å². The number of carbonyl (C=O) groups is 1. The van der Waals surface area contributed by atoms with Gasteiger partial charge in [-0.15, -0.1) is 0 Å². The molecule has 21 heavy (non-hydrogen) atoms. The Morgan fingerprint density at radius 2 is 2.24 bits per heavy atom. The molecule has 1 unspecified atom stereocenters. The van der Waals surface area contributed by atoms with E-state index < -0.39 is 6.10 Å². The molecule has 1 atom stereocenters. The molecule has 0 bridgehead atoms. The van der Waals surface area contributed by atoms with E-state index in [-0.39, 0.29) is 5.91 Å². The lowest BCUT2D eigenvalue weighted by Gasteiger charge is -2.34. The molecule has 0 radical (unpaired) electrons. The van der Waals surface area contributed by atoms with Crippen molar-refractivity contribution < 1.29 is 9.53 Å². The smallest absolute Gasteiger partial charge is 0.253 e. The number of likely N-dealkylation sites (N-methyl/N-ethyl adjacent to an activating group) is 1. The van der Waals surface area contributed by atoms with Crippen LogP contribution in [-0.4, -0.2) is 70.5 Å². The number of nitrogens with zero attached hydrogens (tertiary/aromatic N) is 6. The fraction of sp³-hybridized carbons (Fsp3) is 0.538. The van der Waals surface area contributed by atoms with Crippen LogP contribution in [0.3, 0.4) is 0 Å². The van der Waals surface area contributed by atoms with Crippen LogP contribution >= 0.6 is 0 Å². The maximum absolute atomic E-state index is 12.1. The fourth-order valence-corrected chi connectivity index (χ4v) is 2.48. The minimum absolute atomic E-state index is 0.0313. The summed E-state index contributed by atoms with van der Waals surface area (Å²) in [5.74, 6) is 0.768. The van der Waals surface area contributed by atoms with Crippen LogP contribution in [0.1, 0.15) is 0 Å². The summed E-state index contributed by atoms with van der Waals surface area (Å²) in [6.07, 6.45) is 2.82. The van der Waals surface area contributed by atoms with Gasteiger partial charge in [0.1, 0.15) is 12.1 Å². The van der Waals surface area contributed by atoms with Crippen LogP contribution in [0.25, 0.3) is 11.0 Å². The first kappa shape index (κ1) is 13.7. The summed E-state index contributed by atoms with van der Waals surface area (Å²) in [7, 11) is 5.31. The molecule has 3 rings (SSSR count). The number of carbonyl (C=O) groups excluding carboxylic acids is 1. The highest BCUT2D eigenvalue weighted by Gasteiger charge is 2.29. The first-order chi connectivity index (χ1) is 10.1. The molecule has 1 aliphatic heterocycles. The van der Waals surface area contributed by atoms with E-state index in [0.717, 1.165) is 16.9 Å². The van der Waals surface area contributed by atoms with Gasteiger partial charge >= 0.3 is 0 Å². The van der Waals surface area contributed by atoms with Crippen molar-refractivity contribution in [3.05, 3.63) is 12.5 Å². The second-order valence-electron chi connectivity index (χ2n) is 5.24. The molecule has 2 aromatic rings. The second-order valence-corrected chi connectivity index (χ2v) is 5.24. The average Bonchev–Trinajstić information content (AvgIpc) is 2.88. The average molecular weight is 290 g/mol. The van der Waals surface area contributed by atoms with E-state index in [1.807, 2.05) is 7.05 Å². The summed E-state index contributed by atoms with van der Waals surface area (Å²) in [5.41, 5.74) is 0.780. The predicted octanol–water partition coefficient (Wildman–Crippen LogP) is -0.343. The first-order valence-corrected chi connectivity index (χ1v) is 6.78. The Hall–Kier alpha value is -2.22. The summed E-state index contributed by atoms with van der Waals surface area (Å²) >= 11 is 0. The number of morpholine rings is 1. The minimum atomic E-state index is -0.463. The summed E-state index contributed by atoms with van der Waals surface area (Å²) in [6.45, 7) is 1.67. The summed E-state index contributed by atoms with van der Waals surface area (Å²) < 4.78 is 7.28. The molecule has 1 fully saturated rings. The molecule has 8 nitrogen and oxygen atoms in total. The highest BCUT2D eigenvalue weighted by Crippen LogP contribution is 2.24. The molecule has 0 spiro atoms. The van der Waals surface area contributed by atoms with Crippen molar-refractivity contribution in [1.82, 2.24) is 24.6 Å². The number of hydrogen-bond acceptors (Lipinski definition) is 6. The zero-order valence-electron chi connectivity index (χ0n) is 12.4. The van der Waals surface area contributed by atoms with Gasteiger partial charge in [-0.3, -0.25) is 9.48 Å². The predicted molar refractivity (Wildman–Crippen MR) is 77.0 cm³/mol. The summed E-state index contributed by atoms with van der Waals surface area (Å²) in [6, 6.07) is 0.